The maximum absolute atomic E-state index is 6.30. The number of anilines is 1. The number of hydrogen-bond acceptors (Lipinski definition) is 3. The summed E-state index contributed by atoms with van der Waals surface area (Å²) in [5.74, 6) is 1.10. The Hall–Kier alpha value is -0.800. The summed E-state index contributed by atoms with van der Waals surface area (Å²) in [5.41, 5.74) is 1.15. The average Bonchev–Trinajstić information content (AvgIpc) is 2.47. The maximum atomic E-state index is 6.30. The smallest absolute Gasteiger partial charge is 0.129 e. The van der Waals surface area contributed by atoms with Crippen molar-refractivity contribution in [1.29, 1.82) is 0 Å². The number of hydrogen-bond donors (Lipinski definition) is 1. The molecule has 1 aliphatic rings. The molecule has 1 aliphatic heterocycles. The van der Waals surface area contributed by atoms with Crippen molar-refractivity contribution in [3.63, 3.8) is 0 Å². The van der Waals surface area contributed by atoms with Gasteiger partial charge in [0.1, 0.15) is 5.82 Å². The van der Waals surface area contributed by atoms with Crippen LogP contribution in [-0.2, 0) is 6.54 Å². The Morgan fingerprint density at radius 3 is 2.95 bits per heavy atom. The minimum atomic E-state index is 0.459. The molecule has 2 rings (SSSR count). The van der Waals surface area contributed by atoms with E-state index in [-0.39, 0.29) is 0 Å². The fourth-order valence-corrected chi connectivity index (χ4v) is 3.18. The normalized spacial score (nSPS) is 19.3. The molecule has 1 aromatic rings. The molecule has 0 spiro atoms. The van der Waals surface area contributed by atoms with Gasteiger partial charge in [-0.25, -0.2) is 4.98 Å². The predicted octanol–water partition coefficient (Wildman–Crippen LogP) is 4.39. The van der Waals surface area contributed by atoms with Crippen LogP contribution < -0.4 is 10.2 Å². The lowest BCUT2D eigenvalue weighted by Crippen LogP contribution is -2.40. The van der Waals surface area contributed by atoms with Crippen LogP contribution in [0.25, 0.3) is 0 Å². The first-order chi connectivity index (χ1) is 10.1. The van der Waals surface area contributed by atoms with Crippen LogP contribution >= 0.6 is 11.6 Å². The molecular weight excluding hydrogens is 282 g/mol. The first kappa shape index (κ1) is 16.6. The molecule has 1 saturated heterocycles. The standard InChI is InChI=1S/C17H28ClN3/c1-4-7-15-8-5-6-9-21(15)17-10-14(11-19-13(2)3)16(18)12-20-17/h10,12-13,15,19H,4-9,11H2,1-3H3. The van der Waals surface area contributed by atoms with Crippen molar-refractivity contribution < 1.29 is 0 Å². The quantitative estimate of drug-likeness (QED) is 0.844. The fourth-order valence-electron chi connectivity index (χ4n) is 3.01. The van der Waals surface area contributed by atoms with E-state index in [9.17, 15) is 0 Å². The zero-order valence-corrected chi connectivity index (χ0v) is 14.3. The van der Waals surface area contributed by atoms with Gasteiger partial charge >= 0.3 is 0 Å². The summed E-state index contributed by atoms with van der Waals surface area (Å²) in [7, 11) is 0. The second kappa shape index (κ2) is 8.00. The molecule has 0 aromatic carbocycles. The summed E-state index contributed by atoms with van der Waals surface area (Å²) in [6, 6.07) is 3.27. The molecular formula is C17H28ClN3. The molecule has 4 heteroatoms. The topological polar surface area (TPSA) is 28.2 Å². The van der Waals surface area contributed by atoms with Crippen molar-refractivity contribution in [1.82, 2.24) is 10.3 Å². The van der Waals surface area contributed by atoms with Gasteiger partial charge in [0.15, 0.2) is 0 Å². The third-order valence-corrected chi connectivity index (χ3v) is 4.50. The zero-order valence-electron chi connectivity index (χ0n) is 13.5. The maximum Gasteiger partial charge on any atom is 0.129 e. The van der Waals surface area contributed by atoms with Gasteiger partial charge in [-0.05, 0) is 37.3 Å². The Kier molecular flexibility index (Phi) is 6.31. The summed E-state index contributed by atoms with van der Waals surface area (Å²) in [6.45, 7) is 8.49. The van der Waals surface area contributed by atoms with E-state index in [0.29, 0.717) is 12.1 Å². The highest BCUT2D eigenvalue weighted by atomic mass is 35.5. The van der Waals surface area contributed by atoms with E-state index in [1.165, 1.54) is 32.1 Å². The highest BCUT2D eigenvalue weighted by Gasteiger charge is 2.23. The molecule has 0 amide bonds. The Labute approximate surface area is 134 Å². The van der Waals surface area contributed by atoms with Gasteiger partial charge in [0.2, 0.25) is 0 Å². The van der Waals surface area contributed by atoms with E-state index in [4.69, 9.17) is 11.6 Å². The minimum absolute atomic E-state index is 0.459. The summed E-state index contributed by atoms with van der Waals surface area (Å²) in [5, 5.41) is 4.20. The first-order valence-corrected chi connectivity index (χ1v) is 8.64. The number of nitrogens with zero attached hydrogens (tertiary/aromatic N) is 2. The minimum Gasteiger partial charge on any atom is -0.354 e. The molecule has 1 aromatic heterocycles. The van der Waals surface area contributed by atoms with Crippen LogP contribution in [0.2, 0.25) is 5.02 Å². The van der Waals surface area contributed by atoms with Crippen molar-refractivity contribution in [2.45, 2.75) is 71.5 Å². The van der Waals surface area contributed by atoms with Crippen molar-refractivity contribution in [3.8, 4) is 0 Å². The second-order valence-electron chi connectivity index (χ2n) is 6.30. The van der Waals surface area contributed by atoms with Gasteiger partial charge in [-0.15, -0.1) is 0 Å². The third-order valence-electron chi connectivity index (χ3n) is 4.16. The highest BCUT2D eigenvalue weighted by Crippen LogP contribution is 2.28. The van der Waals surface area contributed by atoms with Gasteiger partial charge in [0, 0.05) is 31.4 Å². The van der Waals surface area contributed by atoms with Gasteiger partial charge in [-0.2, -0.15) is 0 Å². The summed E-state index contributed by atoms with van der Waals surface area (Å²) in [4.78, 5) is 7.08. The zero-order chi connectivity index (χ0) is 15.2. The molecule has 1 unspecified atom stereocenters. The molecule has 1 atom stereocenters. The molecule has 1 fully saturated rings. The van der Waals surface area contributed by atoms with Crippen LogP contribution in [-0.4, -0.2) is 23.6 Å². The Morgan fingerprint density at radius 2 is 2.24 bits per heavy atom. The number of pyridine rings is 1. The van der Waals surface area contributed by atoms with Crippen molar-refractivity contribution in [2.75, 3.05) is 11.4 Å². The molecule has 0 radical (unpaired) electrons. The van der Waals surface area contributed by atoms with E-state index in [1.54, 1.807) is 0 Å². The van der Waals surface area contributed by atoms with Gasteiger partial charge in [-0.3, -0.25) is 0 Å². The molecule has 0 aliphatic carbocycles. The van der Waals surface area contributed by atoms with Gasteiger partial charge in [-0.1, -0.05) is 38.8 Å². The molecule has 118 valence electrons. The van der Waals surface area contributed by atoms with Crippen molar-refractivity contribution in [2.24, 2.45) is 0 Å². The first-order valence-electron chi connectivity index (χ1n) is 8.26. The van der Waals surface area contributed by atoms with E-state index in [1.807, 2.05) is 6.20 Å². The largest absolute Gasteiger partial charge is 0.354 e. The molecule has 1 N–H and O–H groups in total. The summed E-state index contributed by atoms with van der Waals surface area (Å²) >= 11 is 6.30. The van der Waals surface area contributed by atoms with Gasteiger partial charge < -0.3 is 10.2 Å². The van der Waals surface area contributed by atoms with Crippen LogP contribution in [0.5, 0.6) is 0 Å². The van der Waals surface area contributed by atoms with Crippen LogP contribution in [0, 0.1) is 0 Å². The average molecular weight is 310 g/mol. The number of halogens is 1. The Morgan fingerprint density at radius 1 is 1.43 bits per heavy atom. The summed E-state index contributed by atoms with van der Waals surface area (Å²) < 4.78 is 0. The van der Waals surface area contributed by atoms with Crippen LogP contribution in [0.15, 0.2) is 12.3 Å². The Bertz CT molecular complexity index is 446. The number of rotatable bonds is 6. The third kappa shape index (κ3) is 4.58. The fraction of sp³-hybridized carbons (Fsp3) is 0.706. The van der Waals surface area contributed by atoms with Gasteiger partial charge in [0.25, 0.3) is 0 Å². The van der Waals surface area contributed by atoms with E-state index in [0.717, 1.165) is 29.5 Å². The second-order valence-corrected chi connectivity index (χ2v) is 6.71. The lowest BCUT2D eigenvalue weighted by atomic mass is 9.98. The number of piperidine rings is 1. The lowest BCUT2D eigenvalue weighted by Gasteiger charge is -2.37. The van der Waals surface area contributed by atoms with Crippen molar-refractivity contribution in [3.05, 3.63) is 22.8 Å². The highest BCUT2D eigenvalue weighted by molar-refractivity contribution is 6.31. The Balaban J connectivity index is 2.15. The summed E-state index contributed by atoms with van der Waals surface area (Å²) in [6.07, 6.45) is 8.20. The predicted molar refractivity (Wildman–Crippen MR) is 91.1 cm³/mol. The lowest BCUT2D eigenvalue weighted by molar-refractivity contribution is 0.431. The van der Waals surface area contributed by atoms with Crippen molar-refractivity contribution >= 4 is 17.4 Å². The monoisotopic (exact) mass is 309 g/mol. The number of nitrogens with one attached hydrogen (secondary N) is 1. The number of aromatic nitrogens is 1. The molecule has 0 saturated carbocycles. The molecule has 3 nitrogen and oxygen atoms in total. The van der Waals surface area contributed by atoms with Crippen LogP contribution in [0.1, 0.15) is 58.4 Å². The van der Waals surface area contributed by atoms with Crippen LogP contribution in [0.3, 0.4) is 0 Å². The van der Waals surface area contributed by atoms with Gasteiger partial charge in [0.05, 0.1) is 5.02 Å². The molecule has 21 heavy (non-hydrogen) atoms. The molecule has 0 bridgehead atoms. The van der Waals surface area contributed by atoms with E-state index in [2.05, 4.69) is 42.0 Å². The van der Waals surface area contributed by atoms with E-state index >= 15 is 0 Å². The van der Waals surface area contributed by atoms with E-state index < -0.39 is 0 Å². The molecule has 2 heterocycles. The van der Waals surface area contributed by atoms with Crippen LogP contribution in [0.4, 0.5) is 5.82 Å². The SMILES string of the molecule is CCCC1CCCCN1c1cc(CNC(C)C)c(Cl)cn1.